The Labute approximate surface area is 83.2 Å². The fourth-order valence-corrected chi connectivity index (χ4v) is 1.72. The highest BCUT2D eigenvalue weighted by atomic mass is 16.6. The average molecular weight is 197 g/mol. The molecule has 1 fully saturated rings. The molecule has 0 radical (unpaired) electrons. The molecule has 1 N–H and O–H groups in total. The first-order chi connectivity index (χ1) is 6.92. The van der Waals surface area contributed by atoms with Crippen LogP contribution in [-0.4, -0.2) is 33.0 Å². The van der Waals surface area contributed by atoms with E-state index in [9.17, 15) is 0 Å². The molecule has 1 aliphatic heterocycles. The Bertz CT molecular complexity index is 254. The van der Waals surface area contributed by atoms with Crippen LogP contribution in [0, 0.1) is 0 Å². The summed E-state index contributed by atoms with van der Waals surface area (Å²) in [6.45, 7) is 2.00. The molecule has 4 nitrogen and oxygen atoms in total. The van der Waals surface area contributed by atoms with Gasteiger partial charge in [0.15, 0.2) is 0 Å². The normalized spacial score (nSPS) is 24.8. The van der Waals surface area contributed by atoms with E-state index in [2.05, 4.69) is 5.32 Å². The van der Waals surface area contributed by atoms with Gasteiger partial charge in [0.2, 0.25) is 0 Å². The Morgan fingerprint density at radius 1 is 1.50 bits per heavy atom. The number of likely N-dealkylation sites (N-methyl/N-ethyl adjacent to an activating group) is 1. The van der Waals surface area contributed by atoms with Crippen LogP contribution in [0.2, 0.25) is 0 Å². The monoisotopic (exact) mass is 197 g/mol. The summed E-state index contributed by atoms with van der Waals surface area (Å²) in [6.07, 6.45) is 3.48. The Morgan fingerprint density at radius 2 is 2.43 bits per heavy atom. The van der Waals surface area contributed by atoms with Gasteiger partial charge in [-0.2, -0.15) is 0 Å². The molecule has 1 aromatic rings. The maximum Gasteiger partial charge on any atom is 0.100 e. The number of furan rings is 1. The second kappa shape index (κ2) is 4.59. The van der Waals surface area contributed by atoms with E-state index in [0.717, 1.165) is 5.56 Å². The van der Waals surface area contributed by atoms with Crippen molar-refractivity contribution in [3.05, 3.63) is 24.2 Å². The fraction of sp³-hybridized carbons (Fsp3) is 0.600. The average Bonchev–Trinajstić information content (AvgIpc) is 2.74. The Hall–Kier alpha value is -0.840. The predicted molar refractivity (Wildman–Crippen MR) is 51.1 cm³/mol. The molecule has 1 saturated heterocycles. The molecule has 2 heterocycles. The molecule has 2 unspecified atom stereocenters. The number of rotatable bonds is 3. The highest BCUT2D eigenvalue weighted by Gasteiger charge is 2.25. The molecule has 0 amide bonds. The van der Waals surface area contributed by atoms with Gasteiger partial charge in [0, 0.05) is 5.56 Å². The van der Waals surface area contributed by atoms with Crippen molar-refractivity contribution >= 4 is 0 Å². The number of nitrogens with one attached hydrogen (secondary N) is 1. The molecule has 0 bridgehead atoms. The van der Waals surface area contributed by atoms with Crippen LogP contribution in [0.25, 0.3) is 0 Å². The van der Waals surface area contributed by atoms with E-state index in [1.165, 1.54) is 0 Å². The van der Waals surface area contributed by atoms with Crippen molar-refractivity contribution in [2.45, 2.75) is 12.1 Å². The van der Waals surface area contributed by atoms with E-state index in [1.807, 2.05) is 13.1 Å². The third-order valence-corrected chi connectivity index (χ3v) is 2.43. The molecule has 0 aromatic carbocycles. The summed E-state index contributed by atoms with van der Waals surface area (Å²) < 4.78 is 16.0. The Morgan fingerprint density at radius 3 is 3.00 bits per heavy atom. The molecule has 2 atom stereocenters. The predicted octanol–water partition coefficient (Wildman–Crippen LogP) is 0.956. The standard InChI is InChI=1S/C10H15NO3/c1-11-10(8-2-3-12-6-8)9-7-13-4-5-14-9/h2-3,6,9-11H,4-5,7H2,1H3. The summed E-state index contributed by atoms with van der Waals surface area (Å²) in [6, 6.07) is 2.09. The summed E-state index contributed by atoms with van der Waals surface area (Å²) in [5.74, 6) is 0. The minimum absolute atomic E-state index is 0.0753. The van der Waals surface area contributed by atoms with Gasteiger partial charge in [-0.05, 0) is 13.1 Å². The molecule has 1 aromatic heterocycles. The number of ether oxygens (including phenoxy) is 2. The first kappa shape index (κ1) is 9.71. The van der Waals surface area contributed by atoms with E-state index >= 15 is 0 Å². The van der Waals surface area contributed by atoms with Gasteiger partial charge in [0.05, 0.1) is 38.4 Å². The van der Waals surface area contributed by atoms with Crippen molar-refractivity contribution in [2.24, 2.45) is 0 Å². The largest absolute Gasteiger partial charge is 0.472 e. The molecule has 0 saturated carbocycles. The topological polar surface area (TPSA) is 43.6 Å². The van der Waals surface area contributed by atoms with E-state index in [4.69, 9.17) is 13.9 Å². The summed E-state index contributed by atoms with van der Waals surface area (Å²) in [5.41, 5.74) is 1.10. The van der Waals surface area contributed by atoms with E-state index in [1.54, 1.807) is 12.5 Å². The van der Waals surface area contributed by atoms with Crippen molar-refractivity contribution in [3.63, 3.8) is 0 Å². The van der Waals surface area contributed by atoms with E-state index in [-0.39, 0.29) is 12.1 Å². The first-order valence-corrected chi connectivity index (χ1v) is 4.80. The van der Waals surface area contributed by atoms with Crippen molar-refractivity contribution in [3.8, 4) is 0 Å². The van der Waals surface area contributed by atoms with Gasteiger partial charge in [0.1, 0.15) is 6.10 Å². The zero-order chi connectivity index (χ0) is 9.80. The van der Waals surface area contributed by atoms with Crippen LogP contribution < -0.4 is 5.32 Å². The van der Waals surface area contributed by atoms with Crippen molar-refractivity contribution in [1.82, 2.24) is 5.32 Å². The first-order valence-electron chi connectivity index (χ1n) is 4.80. The van der Waals surface area contributed by atoms with Crippen LogP contribution in [0.5, 0.6) is 0 Å². The molecule has 0 spiro atoms. The van der Waals surface area contributed by atoms with Crippen molar-refractivity contribution < 1.29 is 13.9 Å². The highest BCUT2D eigenvalue weighted by Crippen LogP contribution is 2.21. The van der Waals surface area contributed by atoms with Gasteiger partial charge in [-0.1, -0.05) is 0 Å². The lowest BCUT2D eigenvalue weighted by atomic mass is 10.1. The third kappa shape index (κ3) is 1.97. The molecular formula is C10H15NO3. The second-order valence-corrected chi connectivity index (χ2v) is 3.31. The summed E-state index contributed by atoms with van der Waals surface area (Å²) in [7, 11) is 1.91. The van der Waals surface area contributed by atoms with Crippen molar-refractivity contribution in [2.75, 3.05) is 26.9 Å². The van der Waals surface area contributed by atoms with Crippen LogP contribution in [0.15, 0.2) is 23.0 Å². The third-order valence-electron chi connectivity index (χ3n) is 2.43. The Kier molecular flexibility index (Phi) is 3.18. The second-order valence-electron chi connectivity index (χ2n) is 3.31. The lowest BCUT2D eigenvalue weighted by molar-refractivity contribution is -0.101. The van der Waals surface area contributed by atoms with Gasteiger partial charge in [0.25, 0.3) is 0 Å². The quantitative estimate of drug-likeness (QED) is 0.783. The van der Waals surface area contributed by atoms with Crippen LogP contribution >= 0.6 is 0 Å². The van der Waals surface area contributed by atoms with Gasteiger partial charge < -0.3 is 19.2 Å². The number of hydrogen-bond acceptors (Lipinski definition) is 4. The molecule has 1 aliphatic rings. The van der Waals surface area contributed by atoms with Crippen LogP contribution in [-0.2, 0) is 9.47 Å². The van der Waals surface area contributed by atoms with Gasteiger partial charge in [-0.25, -0.2) is 0 Å². The maximum atomic E-state index is 5.63. The number of hydrogen-bond donors (Lipinski definition) is 1. The maximum absolute atomic E-state index is 5.63. The van der Waals surface area contributed by atoms with Gasteiger partial charge in [-0.3, -0.25) is 0 Å². The lowest BCUT2D eigenvalue weighted by Gasteiger charge is -2.29. The molecule has 78 valence electrons. The molecule has 4 heteroatoms. The van der Waals surface area contributed by atoms with Crippen LogP contribution in [0.4, 0.5) is 0 Å². The van der Waals surface area contributed by atoms with E-state index in [0.29, 0.717) is 19.8 Å². The molecule has 14 heavy (non-hydrogen) atoms. The summed E-state index contributed by atoms with van der Waals surface area (Å²) in [5, 5.41) is 3.21. The molecular weight excluding hydrogens is 182 g/mol. The van der Waals surface area contributed by atoms with Crippen LogP contribution in [0.3, 0.4) is 0 Å². The Balaban J connectivity index is 2.04. The minimum atomic E-state index is 0.0753. The van der Waals surface area contributed by atoms with Gasteiger partial charge >= 0.3 is 0 Å². The zero-order valence-electron chi connectivity index (χ0n) is 8.23. The highest BCUT2D eigenvalue weighted by molar-refractivity contribution is 5.13. The SMILES string of the molecule is CNC(c1ccoc1)C1COCCO1. The van der Waals surface area contributed by atoms with Crippen LogP contribution in [0.1, 0.15) is 11.6 Å². The minimum Gasteiger partial charge on any atom is -0.472 e. The summed E-state index contributed by atoms with van der Waals surface area (Å²) >= 11 is 0. The summed E-state index contributed by atoms with van der Waals surface area (Å²) in [4.78, 5) is 0. The van der Waals surface area contributed by atoms with E-state index < -0.39 is 0 Å². The molecule has 2 rings (SSSR count). The van der Waals surface area contributed by atoms with Crippen molar-refractivity contribution in [1.29, 1.82) is 0 Å². The lowest BCUT2D eigenvalue weighted by Crippen LogP contribution is -2.39. The fourth-order valence-electron chi connectivity index (χ4n) is 1.72. The zero-order valence-corrected chi connectivity index (χ0v) is 8.23. The smallest absolute Gasteiger partial charge is 0.100 e. The molecule has 0 aliphatic carbocycles. The van der Waals surface area contributed by atoms with Gasteiger partial charge in [-0.15, -0.1) is 0 Å².